The van der Waals surface area contributed by atoms with Gasteiger partial charge in [-0.1, -0.05) is 35.0 Å². The van der Waals surface area contributed by atoms with Crippen molar-refractivity contribution in [2.75, 3.05) is 11.4 Å². The molecule has 0 saturated carbocycles. The third kappa shape index (κ3) is 3.60. The molecule has 28 heavy (non-hydrogen) atoms. The largest absolute Gasteiger partial charge is 0.416 e. The number of alkyl halides is 3. The fraction of sp³-hybridized carbons (Fsp3) is 0.211. The van der Waals surface area contributed by atoms with Crippen LogP contribution in [0.15, 0.2) is 53.1 Å². The molecule has 5 nitrogen and oxygen atoms in total. The number of hydrogen-bond donors (Lipinski definition) is 0. The number of anilines is 1. The molecule has 1 fully saturated rings. The molecule has 9 heteroatoms. The van der Waals surface area contributed by atoms with Crippen molar-refractivity contribution in [3.63, 3.8) is 0 Å². The van der Waals surface area contributed by atoms with Gasteiger partial charge in [0.15, 0.2) is 0 Å². The molecule has 4 rings (SSSR count). The molecule has 0 aliphatic carbocycles. The molecule has 2 heterocycles. The minimum atomic E-state index is -4.41. The minimum Gasteiger partial charge on any atom is -0.339 e. The summed E-state index contributed by atoms with van der Waals surface area (Å²) in [5.41, 5.74) is 0.333. The molecule has 144 valence electrons. The molecule has 1 amide bonds. The molecule has 1 aliphatic heterocycles. The van der Waals surface area contributed by atoms with Crippen LogP contribution in [0, 0.1) is 0 Å². The molecule has 1 saturated heterocycles. The van der Waals surface area contributed by atoms with E-state index in [0.717, 1.165) is 12.1 Å². The molecule has 0 spiro atoms. The number of carbonyl (C=O) groups excluding carboxylic acids is 1. The van der Waals surface area contributed by atoms with E-state index < -0.39 is 11.7 Å². The number of halogens is 4. The Hall–Kier alpha value is -2.87. The van der Waals surface area contributed by atoms with E-state index in [1.165, 1.54) is 12.1 Å². The van der Waals surface area contributed by atoms with Gasteiger partial charge in [-0.25, -0.2) is 0 Å². The topological polar surface area (TPSA) is 59.2 Å². The summed E-state index contributed by atoms with van der Waals surface area (Å²) in [5, 5.41) is 4.37. The van der Waals surface area contributed by atoms with Crippen molar-refractivity contribution in [3.8, 4) is 11.4 Å². The fourth-order valence-electron chi connectivity index (χ4n) is 3.09. The Morgan fingerprint density at radius 1 is 1.14 bits per heavy atom. The van der Waals surface area contributed by atoms with Crippen LogP contribution >= 0.6 is 11.6 Å². The van der Waals surface area contributed by atoms with Gasteiger partial charge in [-0.15, -0.1) is 0 Å². The summed E-state index contributed by atoms with van der Waals surface area (Å²) >= 11 is 5.99. The number of nitrogens with zero attached hydrogens (tertiary/aromatic N) is 3. The first-order chi connectivity index (χ1) is 13.3. The van der Waals surface area contributed by atoms with Crippen LogP contribution in [-0.4, -0.2) is 22.6 Å². The Morgan fingerprint density at radius 2 is 1.89 bits per heavy atom. The fourth-order valence-corrected chi connectivity index (χ4v) is 3.28. The highest BCUT2D eigenvalue weighted by Gasteiger charge is 2.35. The first kappa shape index (κ1) is 18.5. The summed E-state index contributed by atoms with van der Waals surface area (Å²) < 4.78 is 43.3. The lowest BCUT2D eigenvalue weighted by atomic mass is 10.1. The molecule has 0 radical (unpaired) electrons. The highest BCUT2D eigenvalue weighted by molar-refractivity contribution is 6.30. The lowest BCUT2D eigenvalue weighted by Gasteiger charge is -2.16. The van der Waals surface area contributed by atoms with Gasteiger partial charge in [0.25, 0.3) is 0 Å². The van der Waals surface area contributed by atoms with E-state index in [-0.39, 0.29) is 30.0 Å². The number of aromatic nitrogens is 2. The zero-order valence-corrected chi connectivity index (χ0v) is 15.0. The minimum absolute atomic E-state index is 0.0958. The molecule has 1 atom stereocenters. The van der Waals surface area contributed by atoms with E-state index in [1.54, 1.807) is 29.2 Å². The summed E-state index contributed by atoms with van der Waals surface area (Å²) in [7, 11) is 0. The number of amides is 1. The molecule has 0 N–H and O–H groups in total. The molecule has 3 aromatic rings. The first-order valence-electron chi connectivity index (χ1n) is 8.38. The Kier molecular flexibility index (Phi) is 4.58. The van der Waals surface area contributed by atoms with Crippen LogP contribution in [-0.2, 0) is 11.0 Å². The van der Waals surface area contributed by atoms with Crippen molar-refractivity contribution in [2.45, 2.75) is 18.5 Å². The number of carbonyl (C=O) groups is 1. The van der Waals surface area contributed by atoms with Crippen LogP contribution < -0.4 is 4.90 Å². The van der Waals surface area contributed by atoms with E-state index in [2.05, 4.69) is 10.1 Å². The van der Waals surface area contributed by atoms with Crippen molar-refractivity contribution >= 4 is 23.2 Å². The Balaban J connectivity index is 1.53. The van der Waals surface area contributed by atoms with Gasteiger partial charge in [0.1, 0.15) is 0 Å². The molecular weight excluding hydrogens is 395 g/mol. The van der Waals surface area contributed by atoms with E-state index in [4.69, 9.17) is 16.1 Å². The van der Waals surface area contributed by atoms with E-state index in [1.807, 2.05) is 0 Å². The third-order valence-corrected chi connectivity index (χ3v) is 4.74. The Labute approximate surface area is 162 Å². The lowest BCUT2D eigenvalue weighted by molar-refractivity contribution is -0.137. The van der Waals surface area contributed by atoms with Crippen LogP contribution in [0.25, 0.3) is 11.4 Å². The predicted octanol–water partition coefficient (Wildman–Crippen LogP) is 4.93. The maximum atomic E-state index is 12.7. The summed E-state index contributed by atoms with van der Waals surface area (Å²) in [4.78, 5) is 18.2. The van der Waals surface area contributed by atoms with Crippen molar-refractivity contribution in [2.24, 2.45) is 0 Å². The van der Waals surface area contributed by atoms with E-state index in [9.17, 15) is 18.0 Å². The molecule has 0 bridgehead atoms. The van der Waals surface area contributed by atoms with Gasteiger partial charge < -0.3 is 9.42 Å². The highest BCUT2D eigenvalue weighted by Crippen LogP contribution is 2.34. The zero-order valence-electron chi connectivity index (χ0n) is 14.3. The number of benzene rings is 2. The van der Waals surface area contributed by atoms with Gasteiger partial charge in [-0.3, -0.25) is 4.79 Å². The second-order valence-electron chi connectivity index (χ2n) is 6.42. The molecule has 1 aliphatic rings. The summed E-state index contributed by atoms with van der Waals surface area (Å²) in [6.45, 7) is 0.355. The quantitative estimate of drug-likeness (QED) is 0.617. The molecule has 0 unspecified atom stereocenters. The molecule has 2 aromatic carbocycles. The van der Waals surface area contributed by atoms with Gasteiger partial charge in [-0.05, 0) is 30.3 Å². The number of hydrogen-bond acceptors (Lipinski definition) is 4. The average molecular weight is 408 g/mol. The van der Waals surface area contributed by atoms with Crippen LogP contribution in [0.4, 0.5) is 18.9 Å². The third-order valence-electron chi connectivity index (χ3n) is 4.51. The summed E-state index contributed by atoms with van der Waals surface area (Å²) in [6, 6.07) is 11.5. The van der Waals surface area contributed by atoms with Gasteiger partial charge in [0.05, 0.1) is 11.5 Å². The Bertz CT molecular complexity index is 1020. The standard InChI is InChI=1S/C19H13ClF3N3O2/c20-14-2-1-3-15(9-14)26-10-12(8-16(26)27)18-24-17(25-28-18)11-4-6-13(7-5-11)19(21,22)23/h1-7,9,12H,8,10H2/t12-/m0/s1. The molecular formula is C19H13ClF3N3O2. The van der Waals surface area contributed by atoms with E-state index >= 15 is 0 Å². The second-order valence-corrected chi connectivity index (χ2v) is 6.85. The van der Waals surface area contributed by atoms with Crippen LogP contribution in [0.3, 0.4) is 0 Å². The monoisotopic (exact) mass is 407 g/mol. The number of rotatable bonds is 3. The van der Waals surface area contributed by atoms with Gasteiger partial charge in [-0.2, -0.15) is 18.2 Å². The maximum absolute atomic E-state index is 12.7. The molecule has 1 aromatic heterocycles. The normalized spacial score (nSPS) is 17.4. The lowest BCUT2D eigenvalue weighted by Crippen LogP contribution is -2.24. The van der Waals surface area contributed by atoms with Crippen LogP contribution in [0.1, 0.15) is 23.8 Å². The van der Waals surface area contributed by atoms with Crippen molar-refractivity contribution < 1.29 is 22.5 Å². The van der Waals surface area contributed by atoms with Gasteiger partial charge in [0, 0.05) is 29.2 Å². The van der Waals surface area contributed by atoms with Crippen LogP contribution in [0.5, 0.6) is 0 Å². The van der Waals surface area contributed by atoms with Gasteiger partial charge in [0.2, 0.25) is 17.6 Å². The first-order valence-corrected chi connectivity index (χ1v) is 8.76. The second kappa shape index (κ2) is 6.94. The van der Waals surface area contributed by atoms with Crippen molar-refractivity contribution in [3.05, 3.63) is 65.0 Å². The SMILES string of the molecule is O=C1C[C@H](c2nc(-c3ccc(C(F)(F)F)cc3)no2)CN1c1cccc(Cl)c1. The zero-order chi connectivity index (χ0) is 19.9. The van der Waals surface area contributed by atoms with Crippen molar-refractivity contribution in [1.29, 1.82) is 0 Å². The van der Waals surface area contributed by atoms with Gasteiger partial charge >= 0.3 is 6.18 Å². The smallest absolute Gasteiger partial charge is 0.339 e. The highest BCUT2D eigenvalue weighted by atomic mass is 35.5. The summed E-state index contributed by atoms with van der Waals surface area (Å²) in [6.07, 6.45) is -4.21. The van der Waals surface area contributed by atoms with Crippen molar-refractivity contribution in [1.82, 2.24) is 10.1 Å². The predicted molar refractivity (Wildman–Crippen MR) is 95.9 cm³/mol. The van der Waals surface area contributed by atoms with E-state index in [0.29, 0.717) is 22.8 Å². The van der Waals surface area contributed by atoms with Crippen LogP contribution in [0.2, 0.25) is 5.02 Å². The Morgan fingerprint density at radius 3 is 2.57 bits per heavy atom. The average Bonchev–Trinajstić information content (AvgIpc) is 3.28. The summed E-state index contributed by atoms with van der Waals surface area (Å²) in [5.74, 6) is 0.0499. The maximum Gasteiger partial charge on any atom is 0.416 e.